The molecule has 0 N–H and O–H groups in total. The normalized spacial score (nSPS) is 13.7. The molecule has 0 heterocycles. The summed E-state index contributed by atoms with van der Waals surface area (Å²) in [5.74, 6) is 0. The van der Waals surface area contributed by atoms with Crippen LogP contribution in [-0.2, 0) is 19.5 Å². The lowest BCUT2D eigenvalue weighted by molar-refractivity contribution is -0.807. The van der Waals surface area contributed by atoms with E-state index in [1.54, 1.807) is 13.8 Å². The van der Waals surface area contributed by atoms with Crippen LogP contribution >= 0.6 is 0 Å². The Morgan fingerprint density at radius 1 is 0.889 bits per heavy atom. The zero-order valence-electron chi connectivity index (χ0n) is 10.1. The van der Waals surface area contributed by atoms with E-state index in [1.807, 2.05) is 0 Å². The Morgan fingerprint density at radius 2 is 1.22 bits per heavy atom. The van der Waals surface area contributed by atoms with Crippen LogP contribution in [0.3, 0.4) is 0 Å². The van der Waals surface area contributed by atoms with Gasteiger partial charge in [0.1, 0.15) is 0 Å². The van der Waals surface area contributed by atoms with Crippen molar-refractivity contribution >= 4 is 0 Å². The van der Waals surface area contributed by atoms with E-state index in [0.29, 0.717) is 12.8 Å². The molecule has 0 aliphatic heterocycles. The lowest BCUT2D eigenvalue weighted by atomic mass is 10.3. The maximum absolute atomic E-state index is 10.1. The second kappa shape index (κ2) is 9.36. The van der Waals surface area contributed by atoms with Crippen LogP contribution in [0, 0.1) is 20.2 Å². The van der Waals surface area contributed by atoms with Gasteiger partial charge in [-0.1, -0.05) is 26.7 Å². The van der Waals surface area contributed by atoms with Crippen LogP contribution in [0.15, 0.2) is 0 Å². The minimum Gasteiger partial charge on any atom is -0.279 e. The average Bonchev–Trinajstić information content (AvgIpc) is 2.24. The second-order valence-electron chi connectivity index (χ2n) is 3.29. The van der Waals surface area contributed by atoms with Gasteiger partial charge in [-0.15, -0.1) is 20.2 Å². The third-order valence-electron chi connectivity index (χ3n) is 1.73. The van der Waals surface area contributed by atoms with Crippen LogP contribution in [-0.4, -0.2) is 22.8 Å². The Morgan fingerprint density at radius 3 is 1.44 bits per heavy atom. The lowest BCUT2D eigenvalue weighted by Crippen LogP contribution is -2.27. The fourth-order valence-electron chi connectivity index (χ4n) is 1.02. The first kappa shape index (κ1) is 16.3. The van der Waals surface area contributed by atoms with Crippen molar-refractivity contribution in [2.24, 2.45) is 0 Å². The highest BCUT2D eigenvalue weighted by atomic mass is 17.3. The summed E-state index contributed by atoms with van der Waals surface area (Å²) in [5, 5.41) is 18.2. The topological polar surface area (TPSA) is 123 Å². The smallest absolute Gasteiger partial charge is 0.279 e. The predicted octanol–water partition coefficient (Wildman–Crippen LogP) is 1.60. The van der Waals surface area contributed by atoms with Crippen molar-refractivity contribution in [2.75, 3.05) is 0 Å². The zero-order valence-corrected chi connectivity index (χ0v) is 10.1. The van der Waals surface area contributed by atoms with Gasteiger partial charge in [0.25, 0.3) is 10.2 Å². The molecule has 106 valence electrons. The van der Waals surface area contributed by atoms with Crippen molar-refractivity contribution in [1.82, 2.24) is 0 Å². The van der Waals surface area contributed by atoms with Crippen LogP contribution in [0.1, 0.15) is 39.5 Å². The Bertz CT molecular complexity index is 235. The molecule has 0 rings (SSSR count). The summed E-state index contributed by atoms with van der Waals surface area (Å²) < 4.78 is 0. The monoisotopic (exact) mass is 268 g/mol. The van der Waals surface area contributed by atoms with E-state index in [-0.39, 0.29) is 12.8 Å². The minimum atomic E-state index is -1.24. The van der Waals surface area contributed by atoms with E-state index in [2.05, 4.69) is 19.5 Å². The zero-order chi connectivity index (χ0) is 14.0. The van der Waals surface area contributed by atoms with Crippen LogP contribution < -0.4 is 0 Å². The molecule has 0 saturated carbocycles. The SMILES string of the molecule is CCCC(OOC(CCC)O[N+](=O)[O-])O[N+](=O)[O-]. The summed E-state index contributed by atoms with van der Waals surface area (Å²) in [7, 11) is 0. The Kier molecular flexibility index (Phi) is 8.49. The first-order valence-corrected chi connectivity index (χ1v) is 5.44. The van der Waals surface area contributed by atoms with E-state index < -0.39 is 22.8 Å². The largest absolute Gasteiger partial charge is 0.297 e. The van der Waals surface area contributed by atoms with Gasteiger partial charge in [0, 0.05) is 12.8 Å². The fraction of sp³-hybridized carbons (Fsp3) is 1.00. The quantitative estimate of drug-likeness (QED) is 0.239. The number of hydrogen-bond acceptors (Lipinski definition) is 8. The first-order chi connectivity index (χ1) is 8.49. The molecular weight excluding hydrogens is 252 g/mol. The number of nitrogens with zero attached hydrogens (tertiary/aromatic N) is 2. The average molecular weight is 268 g/mol. The molecule has 10 heteroatoms. The molecule has 0 aliphatic carbocycles. The molecule has 0 aromatic rings. The van der Waals surface area contributed by atoms with Crippen molar-refractivity contribution in [1.29, 1.82) is 0 Å². The summed E-state index contributed by atoms with van der Waals surface area (Å²) in [4.78, 5) is 37.9. The molecule has 2 unspecified atom stereocenters. The van der Waals surface area contributed by atoms with E-state index in [9.17, 15) is 20.2 Å². The lowest BCUT2D eigenvalue weighted by Gasteiger charge is -2.18. The number of rotatable bonds is 11. The summed E-state index contributed by atoms with van der Waals surface area (Å²) >= 11 is 0. The van der Waals surface area contributed by atoms with Gasteiger partial charge < -0.3 is 0 Å². The van der Waals surface area contributed by atoms with Crippen molar-refractivity contribution in [2.45, 2.75) is 52.1 Å². The van der Waals surface area contributed by atoms with Crippen LogP contribution in [0.2, 0.25) is 0 Å². The van der Waals surface area contributed by atoms with Gasteiger partial charge in [-0.05, 0) is 0 Å². The molecule has 0 bridgehead atoms. The molecule has 0 radical (unpaired) electrons. The van der Waals surface area contributed by atoms with E-state index >= 15 is 0 Å². The maximum Gasteiger partial charge on any atom is 0.297 e. The highest BCUT2D eigenvalue weighted by Crippen LogP contribution is 2.10. The molecule has 10 nitrogen and oxygen atoms in total. The van der Waals surface area contributed by atoms with Gasteiger partial charge in [-0.25, -0.2) is 9.78 Å². The summed E-state index contributed by atoms with van der Waals surface area (Å²) in [5.41, 5.74) is 0. The van der Waals surface area contributed by atoms with Crippen molar-refractivity contribution < 1.29 is 29.6 Å². The first-order valence-electron chi connectivity index (χ1n) is 5.44. The third kappa shape index (κ3) is 8.47. The Balaban J connectivity index is 4.16. The van der Waals surface area contributed by atoms with Gasteiger partial charge in [0.15, 0.2) is 0 Å². The maximum atomic E-state index is 10.1. The van der Waals surface area contributed by atoms with Crippen LogP contribution in [0.5, 0.6) is 0 Å². The van der Waals surface area contributed by atoms with Crippen LogP contribution in [0.4, 0.5) is 0 Å². The van der Waals surface area contributed by atoms with Gasteiger partial charge in [-0.2, -0.15) is 0 Å². The standard InChI is InChI=1S/C8H16N2O8/c1-3-5-7(15-9(11)12)17-18-8(6-4-2)16-10(13)14/h7-8H,3-6H2,1-2H3. The molecule has 18 heavy (non-hydrogen) atoms. The van der Waals surface area contributed by atoms with Gasteiger partial charge in [0.05, 0.1) is 0 Å². The van der Waals surface area contributed by atoms with E-state index in [4.69, 9.17) is 0 Å². The Hall–Kier alpha value is -1.68. The summed E-state index contributed by atoms with van der Waals surface area (Å²) in [6.07, 6.45) is -0.956. The summed E-state index contributed by atoms with van der Waals surface area (Å²) in [6, 6.07) is 0. The third-order valence-corrected chi connectivity index (χ3v) is 1.73. The molecule has 0 spiro atoms. The second-order valence-corrected chi connectivity index (χ2v) is 3.29. The highest BCUT2D eigenvalue weighted by molar-refractivity contribution is 4.39. The van der Waals surface area contributed by atoms with Crippen molar-refractivity contribution in [3.05, 3.63) is 20.2 Å². The van der Waals surface area contributed by atoms with Crippen molar-refractivity contribution in [3.63, 3.8) is 0 Å². The highest BCUT2D eigenvalue weighted by Gasteiger charge is 2.19. The van der Waals surface area contributed by atoms with E-state index in [1.165, 1.54) is 0 Å². The number of hydrogen-bond donors (Lipinski definition) is 0. The van der Waals surface area contributed by atoms with Crippen molar-refractivity contribution in [3.8, 4) is 0 Å². The fourth-order valence-corrected chi connectivity index (χ4v) is 1.02. The molecule has 0 saturated heterocycles. The molecule has 0 aliphatic rings. The molecule has 0 aromatic carbocycles. The minimum absolute atomic E-state index is 0.207. The predicted molar refractivity (Wildman–Crippen MR) is 55.7 cm³/mol. The molecule has 2 atom stereocenters. The molecular formula is C8H16N2O8. The molecule has 0 aromatic heterocycles. The van der Waals surface area contributed by atoms with Crippen LogP contribution in [0.25, 0.3) is 0 Å². The Labute approximate surface area is 103 Å². The van der Waals surface area contributed by atoms with Gasteiger partial charge >= 0.3 is 0 Å². The van der Waals surface area contributed by atoms with Gasteiger partial charge in [-0.3, -0.25) is 9.68 Å². The molecule has 0 fully saturated rings. The van der Waals surface area contributed by atoms with E-state index in [0.717, 1.165) is 0 Å². The van der Waals surface area contributed by atoms with Gasteiger partial charge in [0.2, 0.25) is 12.6 Å². The molecule has 0 amide bonds. The summed E-state index contributed by atoms with van der Waals surface area (Å²) in [6.45, 7) is 3.52.